The molecule has 0 saturated carbocycles. The van der Waals surface area contributed by atoms with Gasteiger partial charge in [0.05, 0.1) is 4.87 Å². The maximum atomic E-state index is 10.0. The molecule has 0 aromatic heterocycles. The Hall–Kier alpha value is 0.180. The number of halogens is 2. The van der Waals surface area contributed by atoms with Crippen molar-refractivity contribution in [2.75, 3.05) is 0 Å². The molecule has 0 aliphatic rings. The van der Waals surface area contributed by atoms with Crippen molar-refractivity contribution in [3.05, 3.63) is 4.91 Å². The number of hydrogen-bond acceptors (Lipinski definition) is 2. The van der Waals surface area contributed by atoms with Crippen molar-refractivity contribution in [2.24, 2.45) is 5.18 Å². The zero-order chi connectivity index (χ0) is 7.71. The Morgan fingerprint density at radius 2 is 1.56 bits per heavy atom. The van der Waals surface area contributed by atoms with Crippen LogP contribution in [0.25, 0.3) is 0 Å². The molecule has 0 fully saturated rings. The van der Waals surface area contributed by atoms with Crippen LogP contribution in [0.15, 0.2) is 5.18 Å². The highest BCUT2D eigenvalue weighted by Gasteiger charge is 2.39. The number of nitroso groups, excluding NO2 is 1. The predicted octanol–water partition coefficient (Wildman–Crippen LogP) is 2.73. The summed E-state index contributed by atoms with van der Waals surface area (Å²) in [6, 6.07) is 0. The van der Waals surface area contributed by atoms with Crippen LogP contribution in [0.2, 0.25) is 0 Å². The molecule has 2 nitrogen and oxygen atoms in total. The van der Waals surface area contributed by atoms with E-state index in [0.717, 1.165) is 0 Å². The second-order valence-corrected chi connectivity index (χ2v) is 4.20. The van der Waals surface area contributed by atoms with E-state index in [2.05, 4.69) is 5.18 Å². The molecule has 0 bridgehead atoms. The molecule has 0 saturated heterocycles. The highest BCUT2D eigenvalue weighted by molar-refractivity contribution is 6.34. The number of hydrogen-bond donors (Lipinski definition) is 0. The van der Waals surface area contributed by atoms with Gasteiger partial charge in [-0.25, -0.2) is 0 Å². The lowest BCUT2D eigenvalue weighted by molar-refractivity contribution is 0.507. The second-order valence-electron chi connectivity index (χ2n) is 2.52. The molecular formula is C5H9Cl2NO. The van der Waals surface area contributed by atoms with Crippen LogP contribution in [0.4, 0.5) is 0 Å². The first-order valence-electron chi connectivity index (χ1n) is 2.53. The van der Waals surface area contributed by atoms with Crippen LogP contribution >= 0.6 is 23.2 Å². The zero-order valence-electron chi connectivity index (χ0n) is 5.61. The quantitative estimate of drug-likeness (QED) is 0.356. The molecule has 0 aliphatic carbocycles. The van der Waals surface area contributed by atoms with Gasteiger partial charge in [0, 0.05) is 0 Å². The Bertz CT molecular complexity index is 117. The summed E-state index contributed by atoms with van der Waals surface area (Å²) in [7, 11) is 0. The van der Waals surface area contributed by atoms with E-state index >= 15 is 0 Å². The molecule has 4 heteroatoms. The van der Waals surface area contributed by atoms with Crippen molar-refractivity contribution in [1.82, 2.24) is 0 Å². The minimum absolute atomic E-state index is 0.795. The third-order valence-corrected chi connectivity index (χ3v) is 2.26. The SMILES string of the molecule is CC(C)(Cl)C(C)(Cl)N=O. The van der Waals surface area contributed by atoms with E-state index in [0.29, 0.717) is 0 Å². The average Bonchev–Trinajstić information content (AvgIpc) is 1.64. The van der Waals surface area contributed by atoms with Crippen LogP contribution in [-0.4, -0.2) is 9.87 Å². The topological polar surface area (TPSA) is 29.4 Å². The van der Waals surface area contributed by atoms with Crippen LogP contribution in [-0.2, 0) is 0 Å². The average molecular weight is 170 g/mol. The monoisotopic (exact) mass is 169 g/mol. The van der Waals surface area contributed by atoms with Crippen molar-refractivity contribution >= 4 is 23.2 Å². The van der Waals surface area contributed by atoms with Crippen molar-refractivity contribution in [3.8, 4) is 0 Å². The van der Waals surface area contributed by atoms with Crippen molar-refractivity contribution in [1.29, 1.82) is 0 Å². The fourth-order valence-electron chi connectivity index (χ4n) is 0.109. The van der Waals surface area contributed by atoms with Crippen LogP contribution < -0.4 is 0 Å². The maximum Gasteiger partial charge on any atom is 0.191 e. The molecule has 0 aromatic carbocycles. The third-order valence-electron chi connectivity index (χ3n) is 1.26. The van der Waals surface area contributed by atoms with Crippen LogP contribution in [0.5, 0.6) is 0 Å². The van der Waals surface area contributed by atoms with Crippen molar-refractivity contribution in [3.63, 3.8) is 0 Å². The summed E-state index contributed by atoms with van der Waals surface area (Å²) >= 11 is 11.3. The number of alkyl halides is 2. The van der Waals surface area contributed by atoms with Crippen LogP contribution in [0.3, 0.4) is 0 Å². The van der Waals surface area contributed by atoms with E-state index in [1.54, 1.807) is 13.8 Å². The Morgan fingerprint density at radius 3 is 1.56 bits per heavy atom. The molecule has 0 radical (unpaired) electrons. The molecule has 54 valence electrons. The molecular weight excluding hydrogens is 161 g/mol. The lowest BCUT2D eigenvalue weighted by atomic mass is 10.1. The van der Waals surface area contributed by atoms with E-state index in [-0.39, 0.29) is 0 Å². The first-order valence-corrected chi connectivity index (χ1v) is 3.29. The lowest BCUT2D eigenvalue weighted by Crippen LogP contribution is -2.35. The number of rotatable bonds is 2. The molecule has 1 atom stereocenters. The van der Waals surface area contributed by atoms with Gasteiger partial charge in [0.2, 0.25) is 0 Å². The van der Waals surface area contributed by atoms with Gasteiger partial charge in [0.15, 0.2) is 5.00 Å². The van der Waals surface area contributed by atoms with Gasteiger partial charge in [-0.15, -0.1) is 16.5 Å². The molecule has 0 aromatic rings. The minimum Gasteiger partial charge on any atom is -0.149 e. The standard InChI is InChI=1S/C5H9Cl2NO/c1-4(2,6)5(3,7)8-9/h1-3H3. The maximum absolute atomic E-state index is 10.0. The van der Waals surface area contributed by atoms with Crippen molar-refractivity contribution < 1.29 is 0 Å². The highest BCUT2D eigenvalue weighted by Crippen LogP contribution is 2.35. The first kappa shape index (κ1) is 9.18. The van der Waals surface area contributed by atoms with E-state index in [1.165, 1.54) is 6.92 Å². The molecule has 0 rings (SSSR count). The number of nitrogens with zero attached hydrogens (tertiary/aromatic N) is 1. The van der Waals surface area contributed by atoms with Gasteiger partial charge in [-0.05, 0) is 25.9 Å². The van der Waals surface area contributed by atoms with E-state index in [1.807, 2.05) is 0 Å². The van der Waals surface area contributed by atoms with Gasteiger partial charge in [0.25, 0.3) is 0 Å². The summed E-state index contributed by atoms with van der Waals surface area (Å²) < 4.78 is 0. The largest absolute Gasteiger partial charge is 0.191 e. The molecule has 9 heavy (non-hydrogen) atoms. The van der Waals surface area contributed by atoms with E-state index < -0.39 is 9.87 Å². The Kier molecular flexibility index (Phi) is 2.48. The molecule has 0 heterocycles. The smallest absolute Gasteiger partial charge is 0.149 e. The summed E-state index contributed by atoms with van der Waals surface area (Å²) in [5.74, 6) is 0. The summed E-state index contributed by atoms with van der Waals surface area (Å²) in [6.45, 7) is 4.76. The fourth-order valence-corrected chi connectivity index (χ4v) is 0.143. The van der Waals surface area contributed by atoms with Crippen LogP contribution in [0, 0.1) is 4.91 Å². The predicted molar refractivity (Wildman–Crippen MR) is 40.0 cm³/mol. The zero-order valence-corrected chi connectivity index (χ0v) is 7.12. The first-order chi connectivity index (χ1) is 3.81. The molecule has 0 amide bonds. The molecule has 0 spiro atoms. The van der Waals surface area contributed by atoms with Crippen LogP contribution in [0.1, 0.15) is 20.8 Å². The molecule has 1 unspecified atom stereocenters. The minimum atomic E-state index is -1.21. The van der Waals surface area contributed by atoms with Gasteiger partial charge in [-0.3, -0.25) is 0 Å². The summed E-state index contributed by atoms with van der Waals surface area (Å²) in [5, 5.41) is 2.68. The Balaban J connectivity index is 4.32. The summed E-state index contributed by atoms with van der Waals surface area (Å²) in [6.07, 6.45) is 0. The molecule has 0 aliphatic heterocycles. The highest BCUT2D eigenvalue weighted by atomic mass is 35.5. The summed E-state index contributed by atoms with van der Waals surface area (Å²) in [4.78, 5) is 8.00. The lowest BCUT2D eigenvalue weighted by Gasteiger charge is -2.26. The van der Waals surface area contributed by atoms with Gasteiger partial charge in [-0.2, -0.15) is 0 Å². The van der Waals surface area contributed by atoms with Crippen molar-refractivity contribution in [2.45, 2.75) is 30.6 Å². The van der Waals surface area contributed by atoms with E-state index in [9.17, 15) is 4.91 Å². The fraction of sp³-hybridized carbons (Fsp3) is 1.00. The van der Waals surface area contributed by atoms with E-state index in [4.69, 9.17) is 23.2 Å². The summed E-state index contributed by atoms with van der Waals surface area (Å²) in [5.41, 5.74) is 0. The second kappa shape index (κ2) is 2.43. The molecule has 0 N–H and O–H groups in total. The van der Waals surface area contributed by atoms with Gasteiger partial charge in [-0.1, -0.05) is 11.6 Å². The third kappa shape index (κ3) is 2.11. The Labute approximate surface area is 64.5 Å². The van der Waals surface area contributed by atoms with Gasteiger partial charge in [0.1, 0.15) is 0 Å². The normalized spacial score (nSPS) is 18.8. The van der Waals surface area contributed by atoms with Gasteiger partial charge >= 0.3 is 0 Å². The Morgan fingerprint density at radius 1 is 1.22 bits per heavy atom. The van der Waals surface area contributed by atoms with Gasteiger partial charge < -0.3 is 0 Å².